The number of alkyl carbamates (subject to hydrolysis) is 1. The van der Waals surface area contributed by atoms with Crippen LogP contribution in [-0.2, 0) is 20.9 Å². The molecule has 1 aromatic rings. The van der Waals surface area contributed by atoms with Crippen LogP contribution in [0.1, 0.15) is 19.4 Å². The number of amidine groups is 1. The second kappa shape index (κ2) is 8.77. The lowest BCUT2D eigenvalue weighted by atomic mass is 10.0. The number of hydrogen-bond donors (Lipinski definition) is 1. The summed E-state index contributed by atoms with van der Waals surface area (Å²) in [4.78, 5) is 31.8. The van der Waals surface area contributed by atoms with Crippen LogP contribution in [0.4, 0.5) is 4.79 Å². The highest BCUT2D eigenvalue weighted by Gasteiger charge is 2.25. The fraction of sp³-hybridized carbons (Fsp3) is 0.333. The van der Waals surface area contributed by atoms with Crippen LogP contribution < -0.4 is 5.32 Å². The summed E-state index contributed by atoms with van der Waals surface area (Å²) in [5.41, 5.74) is 1.28. The minimum Gasteiger partial charge on any atom is -0.466 e. The van der Waals surface area contributed by atoms with Crippen LogP contribution in [0, 0.1) is 5.92 Å². The molecule has 7 heteroatoms. The number of aliphatic imine (C=N–C) groups is 2. The molecule has 0 bridgehead atoms. The normalized spacial score (nSPS) is 15.8. The van der Waals surface area contributed by atoms with E-state index in [1.807, 2.05) is 44.2 Å². The Morgan fingerprint density at radius 3 is 2.60 bits per heavy atom. The van der Waals surface area contributed by atoms with E-state index in [0.29, 0.717) is 11.5 Å². The average Bonchev–Trinajstić information content (AvgIpc) is 3.06. The third kappa shape index (κ3) is 5.56. The number of carbonyl (C=O) groups is 2. The molecule has 0 spiro atoms. The number of ether oxygens (including phenoxy) is 2. The fourth-order valence-electron chi connectivity index (χ4n) is 2.14. The lowest BCUT2D eigenvalue weighted by molar-refractivity contribution is -0.134. The van der Waals surface area contributed by atoms with Gasteiger partial charge in [0.05, 0.1) is 31.1 Å². The summed E-state index contributed by atoms with van der Waals surface area (Å²) in [6.45, 7) is 4.05. The van der Waals surface area contributed by atoms with Crippen LogP contribution in [0.15, 0.2) is 52.1 Å². The van der Waals surface area contributed by atoms with E-state index in [1.165, 1.54) is 19.4 Å². The third-order valence-corrected chi connectivity index (χ3v) is 3.47. The molecule has 132 valence electrons. The molecule has 1 heterocycles. The zero-order valence-corrected chi connectivity index (χ0v) is 14.4. The number of hydrogen-bond acceptors (Lipinski definition) is 6. The topological polar surface area (TPSA) is 89.3 Å². The Hall–Kier alpha value is -2.96. The summed E-state index contributed by atoms with van der Waals surface area (Å²) in [5, 5.41) is 2.77. The van der Waals surface area contributed by atoms with E-state index in [0.717, 1.165) is 5.56 Å². The Kier molecular flexibility index (Phi) is 6.45. The molecule has 0 aliphatic carbocycles. The van der Waals surface area contributed by atoms with Crippen molar-refractivity contribution in [3.8, 4) is 0 Å². The maximum Gasteiger partial charge on any atom is 0.408 e. The maximum absolute atomic E-state index is 12.1. The second-order valence-electron chi connectivity index (χ2n) is 5.75. The Balaban J connectivity index is 1.98. The van der Waals surface area contributed by atoms with Crippen molar-refractivity contribution in [2.24, 2.45) is 15.9 Å². The van der Waals surface area contributed by atoms with E-state index < -0.39 is 18.1 Å². The second-order valence-corrected chi connectivity index (χ2v) is 5.75. The molecule has 2 rings (SSSR count). The van der Waals surface area contributed by atoms with Crippen molar-refractivity contribution in [3.05, 3.63) is 47.7 Å². The molecule has 25 heavy (non-hydrogen) atoms. The molecule has 0 aromatic heterocycles. The van der Waals surface area contributed by atoms with Gasteiger partial charge >= 0.3 is 12.1 Å². The van der Waals surface area contributed by atoms with E-state index in [1.54, 1.807) is 0 Å². The molecule has 0 saturated heterocycles. The van der Waals surface area contributed by atoms with Gasteiger partial charge in [-0.25, -0.2) is 19.6 Å². The SMILES string of the molecule is COC(=O)/C=C1\C=NC(C(NC(=O)OCc2ccccc2)C(C)C)=N1. The predicted octanol–water partition coefficient (Wildman–Crippen LogP) is 2.48. The summed E-state index contributed by atoms with van der Waals surface area (Å²) in [6.07, 6.45) is 2.14. The van der Waals surface area contributed by atoms with Gasteiger partial charge < -0.3 is 14.8 Å². The van der Waals surface area contributed by atoms with Crippen molar-refractivity contribution in [1.82, 2.24) is 5.32 Å². The van der Waals surface area contributed by atoms with Gasteiger partial charge in [0.1, 0.15) is 6.61 Å². The molecule has 0 radical (unpaired) electrons. The lowest BCUT2D eigenvalue weighted by Crippen LogP contribution is -2.43. The molecule has 1 aliphatic heterocycles. The van der Waals surface area contributed by atoms with Crippen molar-refractivity contribution in [2.45, 2.75) is 26.5 Å². The van der Waals surface area contributed by atoms with Gasteiger partial charge in [0, 0.05) is 0 Å². The maximum atomic E-state index is 12.1. The predicted molar refractivity (Wildman–Crippen MR) is 94.4 cm³/mol. The standard InChI is InChI=1S/C18H21N3O4/c1-12(2)16(17-19-10-14(20-17)9-15(22)24-3)21-18(23)25-11-13-7-5-4-6-8-13/h4-10,12,16H,11H2,1-3H3,(H,21,23)/b14-9+. The van der Waals surface area contributed by atoms with Crippen LogP contribution in [0.2, 0.25) is 0 Å². The quantitative estimate of drug-likeness (QED) is 0.635. The zero-order valence-electron chi connectivity index (χ0n) is 14.4. The number of amides is 1. The Morgan fingerprint density at radius 1 is 1.24 bits per heavy atom. The largest absolute Gasteiger partial charge is 0.466 e. The van der Waals surface area contributed by atoms with Crippen LogP contribution in [0.3, 0.4) is 0 Å². The van der Waals surface area contributed by atoms with Gasteiger partial charge in [-0.15, -0.1) is 0 Å². The van der Waals surface area contributed by atoms with Crippen molar-refractivity contribution in [2.75, 3.05) is 7.11 Å². The Bertz CT molecular complexity index is 708. The Morgan fingerprint density at radius 2 is 1.96 bits per heavy atom. The molecule has 0 fully saturated rings. The highest BCUT2D eigenvalue weighted by atomic mass is 16.5. The molecule has 1 atom stereocenters. The minimum atomic E-state index is -0.550. The number of esters is 1. The minimum absolute atomic E-state index is 0.0395. The van der Waals surface area contributed by atoms with Gasteiger partial charge in [-0.3, -0.25) is 0 Å². The van der Waals surface area contributed by atoms with Gasteiger partial charge in [0.2, 0.25) is 0 Å². The monoisotopic (exact) mass is 343 g/mol. The van der Waals surface area contributed by atoms with Crippen molar-refractivity contribution in [3.63, 3.8) is 0 Å². The molecular weight excluding hydrogens is 322 g/mol. The molecule has 1 aromatic carbocycles. The van der Waals surface area contributed by atoms with Crippen LogP contribution in [0.25, 0.3) is 0 Å². The first-order valence-corrected chi connectivity index (χ1v) is 7.89. The van der Waals surface area contributed by atoms with E-state index in [-0.39, 0.29) is 12.5 Å². The number of methoxy groups -OCH3 is 1. The van der Waals surface area contributed by atoms with Gasteiger partial charge in [0.15, 0.2) is 5.84 Å². The van der Waals surface area contributed by atoms with Crippen molar-refractivity contribution >= 4 is 24.1 Å². The third-order valence-electron chi connectivity index (χ3n) is 3.47. The number of allylic oxidation sites excluding steroid dienone is 1. The average molecular weight is 343 g/mol. The highest BCUT2D eigenvalue weighted by Crippen LogP contribution is 2.13. The number of benzene rings is 1. The lowest BCUT2D eigenvalue weighted by Gasteiger charge is -2.20. The number of carbonyl (C=O) groups excluding carboxylic acids is 2. The van der Waals surface area contributed by atoms with E-state index in [2.05, 4.69) is 20.0 Å². The smallest absolute Gasteiger partial charge is 0.408 e. The van der Waals surface area contributed by atoms with Gasteiger partial charge in [-0.1, -0.05) is 44.2 Å². The fourth-order valence-corrected chi connectivity index (χ4v) is 2.14. The summed E-state index contributed by atoms with van der Waals surface area (Å²) >= 11 is 0. The molecule has 1 aliphatic rings. The van der Waals surface area contributed by atoms with Gasteiger partial charge in [0.25, 0.3) is 0 Å². The molecule has 1 unspecified atom stereocenters. The van der Waals surface area contributed by atoms with E-state index in [4.69, 9.17) is 4.74 Å². The van der Waals surface area contributed by atoms with Crippen LogP contribution in [0.5, 0.6) is 0 Å². The molecular formula is C18H21N3O4. The summed E-state index contributed by atoms with van der Waals surface area (Å²) in [6, 6.07) is 8.98. The van der Waals surface area contributed by atoms with Gasteiger partial charge in [-0.2, -0.15) is 0 Å². The van der Waals surface area contributed by atoms with E-state index in [9.17, 15) is 9.59 Å². The molecule has 1 amide bonds. The van der Waals surface area contributed by atoms with Gasteiger partial charge in [-0.05, 0) is 11.5 Å². The van der Waals surface area contributed by atoms with Crippen LogP contribution in [-0.4, -0.2) is 37.3 Å². The first-order chi connectivity index (χ1) is 12.0. The first kappa shape index (κ1) is 18.4. The van der Waals surface area contributed by atoms with Crippen molar-refractivity contribution < 1.29 is 19.1 Å². The summed E-state index contributed by atoms with van der Waals surface area (Å²) in [5.74, 6) is -0.0535. The zero-order chi connectivity index (χ0) is 18.2. The summed E-state index contributed by atoms with van der Waals surface area (Å²) < 4.78 is 9.79. The molecule has 0 saturated carbocycles. The molecule has 1 N–H and O–H groups in total. The summed E-state index contributed by atoms with van der Waals surface area (Å²) in [7, 11) is 1.29. The highest BCUT2D eigenvalue weighted by molar-refractivity contribution is 6.07. The Labute approximate surface area is 146 Å². The molecule has 7 nitrogen and oxygen atoms in total. The van der Waals surface area contributed by atoms with E-state index >= 15 is 0 Å². The number of nitrogens with zero attached hydrogens (tertiary/aromatic N) is 2. The van der Waals surface area contributed by atoms with Crippen LogP contribution >= 0.6 is 0 Å². The van der Waals surface area contributed by atoms with Crippen molar-refractivity contribution in [1.29, 1.82) is 0 Å². The first-order valence-electron chi connectivity index (χ1n) is 7.89. The number of rotatable bonds is 6. The number of nitrogens with one attached hydrogen (secondary N) is 1.